The zero-order valence-corrected chi connectivity index (χ0v) is 19.1. The first kappa shape index (κ1) is 24.4. The third kappa shape index (κ3) is 4.40. The Morgan fingerprint density at radius 3 is 2.54 bits per heavy atom. The van der Waals surface area contributed by atoms with Gasteiger partial charge in [0.1, 0.15) is 23.1 Å². The van der Waals surface area contributed by atoms with Crippen molar-refractivity contribution in [1.29, 1.82) is 5.26 Å². The Kier molecular flexibility index (Phi) is 6.34. The molecule has 3 aromatic rings. The van der Waals surface area contributed by atoms with Crippen molar-refractivity contribution in [2.45, 2.75) is 12.5 Å². The van der Waals surface area contributed by atoms with E-state index >= 15 is 4.39 Å². The first-order valence-corrected chi connectivity index (χ1v) is 11.1. The number of nitrogens with two attached hydrogens (primary N) is 1. The molecule has 0 aliphatic carbocycles. The maximum absolute atomic E-state index is 15.3. The summed E-state index contributed by atoms with van der Waals surface area (Å²) >= 11 is 0. The van der Waals surface area contributed by atoms with E-state index in [4.69, 9.17) is 15.7 Å². The summed E-state index contributed by atoms with van der Waals surface area (Å²) in [5.41, 5.74) is 6.59. The second-order valence-corrected chi connectivity index (χ2v) is 8.41. The quantitative estimate of drug-likeness (QED) is 0.311. The molecule has 8 nitrogen and oxygen atoms in total. The van der Waals surface area contributed by atoms with E-state index in [1.165, 1.54) is 12.1 Å². The summed E-state index contributed by atoms with van der Waals surface area (Å²) in [6.07, 6.45) is 2.23. The summed E-state index contributed by atoms with van der Waals surface area (Å²) in [7, 11) is 0. The molecular weight excluding hydrogens is 497 g/mol. The molecule has 0 amide bonds. The molecule has 0 radical (unpaired) electrons. The minimum absolute atomic E-state index is 0.0316. The van der Waals surface area contributed by atoms with E-state index in [2.05, 4.69) is 21.2 Å². The number of aliphatic imine (C=N–C) groups is 2. The predicted octanol–water partition coefficient (Wildman–Crippen LogP) is 4.23. The lowest BCUT2D eigenvalue weighted by Gasteiger charge is -2.14. The van der Waals surface area contributed by atoms with Crippen molar-refractivity contribution in [2.75, 3.05) is 26.2 Å². The summed E-state index contributed by atoms with van der Waals surface area (Å²) in [6, 6.07) is 5.21. The van der Waals surface area contributed by atoms with E-state index in [-0.39, 0.29) is 42.3 Å². The molecule has 1 fully saturated rings. The number of fused-ring (bicyclic) bond motifs is 1. The predicted molar refractivity (Wildman–Crippen MR) is 123 cm³/mol. The van der Waals surface area contributed by atoms with Crippen LogP contribution in [0.3, 0.4) is 0 Å². The number of hydrogen-bond donors (Lipinski definition) is 1. The van der Waals surface area contributed by atoms with Crippen LogP contribution in [0.1, 0.15) is 18.0 Å². The molecule has 0 unspecified atom stereocenters. The van der Waals surface area contributed by atoms with Gasteiger partial charge in [-0.15, -0.1) is 0 Å². The molecule has 2 aromatic carbocycles. The first-order chi connectivity index (χ1) is 17.8. The van der Waals surface area contributed by atoms with Gasteiger partial charge in [0, 0.05) is 37.0 Å². The van der Waals surface area contributed by atoms with Gasteiger partial charge >= 0.3 is 0 Å². The van der Waals surface area contributed by atoms with E-state index in [9.17, 15) is 17.6 Å². The molecule has 2 aliphatic heterocycles. The van der Waals surface area contributed by atoms with E-state index in [1.54, 1.807) is 10.9 Å². The fourth-order valence-corrected chi connectivity index (χ4v) is 4.34. The van der Waals surface area contributed by atoms with Crippen molar-refractivity contribution in [3.05, 3.63) is 58.9 Å². The SMILES string of the molecule is N#CCN1CC[C@@H](n2nc(-c3ccc(Oc4c(F)c(F)cc(F)c4F)cc3F)c3c2N=CCN=C3N)C1. The number of hydrogen-bond acceptors (Lipinski definition) is 7. The molecule has 1 atom stereocenters. The summed E-state index contributed by atoms with van der Waals surface area (Å²) in [5.74, 6) is -8.98. The van der Waals surface area contributed by atoms with Gasteiger partial charge in [-0.3, -0.25) is 9.89 Å². The highest BCUT2D eigenvalue weighted by molar-refractivity contribution is 6.08. The Balaban J connectivity index is 1.54. The Morgan fingerprint density at radius 2 is 1.84 bits per heavy atom. The smallest absolute Gasteiger partial charge is 0.204 e. The number of aromatic nitrogens is 2. The van der Waals surface area contributed by atoms with E-state index in [0.29, 0.717) is 30.9 Å². The number of amidine groups is 1. The molecule has 13 heteroatoms. The second kappa shape index (κ2) is 9.62. The normalized spacial score (nSPS) is 17.3. The number of halogens is 5. The Hall–Kier alpha value is -4.31. The molecular formula is C24H18F5N7O. The average molecular weight is 515 g/mol. The van der Waals surface area contributed by atoms with Gasteiger partial charge in [-0.25, -0.2) is 22.8 Å². The lowest BCUT2D eigenvalue weighted by Crippen LogP contribution is -2.22. The van der Waals surface area contributed by atoms with Crippen molar-refractivity contribution >= 4 is 17.9 Å². The number of nitriles is 1. The van der Waals surface area contributed by atoms with Crippen LogP contribution in [-0.4, -0.2) is 52.9 Å². The maximum Gasteiger partial charge on any atom is 0.204 e. The average Bonchev–Trinajstić information content (AvgIpc) is 3.43. The number of rotatable bonds is 5. The number of ether oxygens (including phenoxy) is 1. The van der Waals surface area contributed by atoms with Gasteiger partial charge in [-0.1, -0.05) is 0 Å². The standard InChI is InChI=1S/C24H18F5N7O/c25-15-9-13(37-22-19(28)16(26)10-17(27)20(22)29)1-2-14(15)21-18-23(31)32-5-6-33-24(18)36(34-21)12-3-7-35(11-12)8-4-30/h1-2,6,9-10,12H,3,5,7-8,11H2,(H2,31,32)/t12-/m1/s1. The van der Waals surface area contributed by atoms with Gasteiger partial charge in [0.2, 0.25) is 17.4 Å². The van der Waals surface area contributed by atoms with Crippen LogP contribution in [0.25, 0.3) is 11.3 Å². The number of benzene rings is 2. The number of likely N-dealkylation sites (tertiary alicyclic amines) is 1. The third-order valence-electron chi connectivity index (χ3n) is 6.07. The van der Waals surface area contributed by atoms with Crippen molar-refractivity contribution < 1.29 is 26.7 Å². The highest BCUT2D eigenvalue weighted by atomic mass is 19.2. The van der Waals surface area contributed by atoms with Gasteiger partial charge in [0.25, 0.3) is 0 Å². The molecule has 0 spiro atoms. The van der Waals surface area contributed by atoms with Gasteiger partial charge in [0.05, 0.1) is 30.8 Å². The lowest BCUT2D eigenvalue weighted by molar-refractivity contribution is 0.355. The molecule has 2 N–H and O–H groups in total. The molecule has 1 aromatic heterocycles. The van der Waals surface area contributed by atoms with E-state index < -0.39 is 40.6 Å². The van der Waals surface area contributed by atoms with Crippen LogP contribution in [-0.2, 0) is 0 Å². The molecule has 0 bridgehead atoms. The Labute approximate surface area is 207 Å². The highest BCUT2D eigenvalue weighted by Gasteiger charge is 2.32. The van der Waals surface area contributed by atoms with Gasteiger partial charge in [-0.2, -0.15) is 19.1 Å². The number of nitrogens with zero attached hydrogens (tertiary/aromatic N) is 6. The zero-order chi connectivity index (χ0) is 26.3. The summed E-state index contributed by atoms with van der Waals surface area (Å²) < 4.78 is 76.9. The van der Waals surface area contributed by atoms with Crippen LogP contribution in [0.15, 0.2) is 34.3 Å². The topological polar surface area (TPSA) is 105 Å². The van der Waals surface area contributed by atoms with Crippen LogP contribution in [0.4, 0.5) is 27.8 Å². The summed E-state index contributed by atoms with van der Waals surface area (Å²) in [6.45, 7) is 1.67. The minimum Gasteiger partial charge on any atom is -0.451 e. The lowest BCUT2D eigenvalue weighted by atomic mass is 10.1. The molecule has 3 heterocycles. The molecule has 37 heavy (non-hydrogen) atoms. The van der Waals surface area contributed by atoms with Gasteiger partial charge in [-0.05, 0) is 18.6 Å². The van der Waals surface area contributed by atoms with Crippen LogP contribution in [0.2, 0.25) is 0 Å². The first-order valence-electron chi connectivity index (χ1n) is 11.1. The Morgan fingerprint density at radius 1 is 1.08 bits per heavy atom. The molecule has 5 rings (SSSR count). The van der Waals surface area contributed by atoms with Crippen molar-refractivity contribution in [1.82, 2.24) is 14.7 Å². The summed E-state index contributed by atoms with van der Waals surface area (Å²) in [4.78, 5) is 10.6. The summed E-state index contributed by atoms with van der Waals surface area (Å²) in [5, 5.41) is 13.6. The Bertz CT molecular complexity index is 1470. The molecule has 1 saturated heterocycles. The van der Waals surface area contributed by atoms with Crippen molar-refractivity contribution in [3.8, 4) is 28.8 Å². The van der Waals surface area contributed by atoms with E-state index in [0.717, 1.165) is 6.07 Å². The largest absolute Gasteiger partial charge is 0.451 e. The van der Waals surface area contributed by atoms with Crippen molar-refractivity contribution in [2.24, 2.45) is 15.7 Å². The molecule has 190 valence electrons. The molecule has 0 saturated carbocycles. The van der Waals surface area contributed by atoms with Crippen LogP contribution in [0, 0.1) is 40.4 Å². The van der Waals surface area contributed by atoms with Crippen LogP contribution >= 0.6 is 0 Å². The highest BCUT2D eigenvalue weighted by Crippen LogP contribution is 2.38. The molecule has 2 aliphatic rings. The van der Waals surface area contributed by atoms with Gasteiger partial charge < -0.3 is 10.5 Å². The zero-order valence-electron chi connectivity index (χ0n) is 19.1. The van der Waals surface area contributed by atoms with Crippen LogP contribution in [0.5, 0.6) is 11.5 Å². The fraction of sp³-hybridized carbons (Fsp3) is 0.250. The monoisotopic (exact) mass is 515 g/mol. The fourth-order valence-electron chi connectivity index (χ4n) is 4.34. The minimum atomic E-state index is -1.75. The third-order valence-corrected chi connectivity index (χ3v) is 6.07. The van der Waals surface area contributed by atoms with Crippen LogP contribution < -0.4 is 10.5 Å². The van der Waals surface area contributed by atoms with Crippen molar-refractivity contribution in [3.63, 3.8) is 0 Å². The second-order valence-electron chi connectivity index (χ2n) is 8.41. The van der Waals surface area contributed by atoms with Gasteiger partial charge in [0.15, 0.2) is 17.5 Å². The van der Waals surface area contributed by atoms with E-state index in [1.807, 2.05) is 4.90 Å². The maximum atomic E-state index is 15.3.